The van der Waals surface area contributed by atoms with Crippen molar-refractivity contribution in [3.8, 4) is 0 Å². The summed E-state index contributed by atoms with van der Waals surface area (Å²) < 4.78 is 0. The van der Waals surface area contributed by atoms with Gasteiger partial charge in [-0.1, -0.05) is 17.7 Å². The molecule has 4 heterocycles. The zero-order valence-electron chi connectivity index (χ0n) is 23.1. The predicted octanol–water partition coefficient (Wildman–Crippen LogP) is 4.10. The molecule has 10 heteroatoms. The van der Waals surface area contributed by atoms with Gasteiger partial charge >= 0.3 is 0 Å². The molecular formula is C29H38ClN5O3S. The Kier molecular flexibility index (Phi) is 8.59. The quantitative estimate of drug-likeness (QED) is 0.500. The summed E-state index contributed by atoms with van der Waals surface area (Å²) in [5, 5.41) is 3.45. The topological polar surface area (TPSA) is 77.1 Å². The average Bonchev–Trinajstić information content (AvgIpc) is 3.63. The van der Waals surface area contributed by atoms with E-state index in [4.69, 9.17) is 11.6 Å². The van der Waals surface area contributed by atoms with Crippen LogP contribution in [0.15, 0.2) is 23.6 Å². The first-order valence-electron chi connectivity index (χ1n) is 14.0. The molecule has 2 unspecified atom stereocenters. The van der Waals surface area contributed by atoms with Crippen molar-refractivity contribution < 1.29 is 14.4 Å². The highest BCUT2D eigenvalue weighted by Gasteiger charge is 2.42. The summed E-state index contributed by atoms with van der Waals surface area (Å²) in [4.78, 5) is 50.9. The number of nitrogens with zero attached hydrogens (tertiary/aromatic N) is 5. The smallest absolute Gasteiger partial charge is 0.273 e. The van der Waals surface area contributed by atoms with Crippen LogP contribution in [0.4, 0.5) is 5.69 Å². The van der Waals surface area contributed by atoms with E-state index >= 15 is 0 Å². The number of carbonyl (C=O) groups is 3. The third kappa shape index (κ3) is 6.31. The van der Waals surface area contributed by atoms with Crippen LogP contribution in [0, 0.1) is 31.6 Å². The molecule has 3 aliphatic heterocycles. The summed E-state index contributed by atoms with van der Waals surface area (Å²) in [6.45, 7) is 11.8. The fraction of sp³-hybridized carbons (Fsp3) is 0.586. The van der Waals surface area contributed by atoms with Crippen LogP contribution in [0.2, 0.25) is 5.02 Å². The Morgan fingerprint density at radius 2 is 1.74 bits per heavy atom. The van der Waals surface area contributed by atoms with Crippen molar-refractivity contribution in [1.29, 1.82) is 0 Å². The van der Waals surface area contributed by atoms with E-state index in [-0.39, 0.29) is 23.6 Å². The fourth-order valence-electron chi connectivity index (χ4n) is 6.29. The van der Waals surface area contributed by atoms with Gasteiger partial charge in [0, 0.05) is 74.7 Å². The molecule has 3 saturated heterocycles. The van der Waals surface area contributed by atoms with E-state index in [9.17, 15) is 14.4 Å². The molecule has 0 aliphatic carbocycles. The highest BCUT2D eigenvalue weighted by molar-refractivity contribution is 7.09. The van der Waals surface area contributed by atoms with Crippen LogP contribution in [0.5, 0.6) is 0 Å². The molecule has 210 valence electrons. The molecule has 3 fully saturated rings. The number of amides is 3. The van der Waals surface area contributed by atoms with Gasteiger partial charge in [0.25, 0.3) is 5.91 Å². The van der Waals surface area contributed by atoms with Crippen LogP contribution in [0.25, 0.3) is 0 Å². The Morgan fingerprint density at radius 3 is 2.33 bits per heavy atom. The van der Waals surface area contributed by atoms with Crippen molar-refractivity contribution in [3.05, 3.63) is 44.9 Å². The number of rotatable bonds is 7. The average molecular weight is 572 g/mol. The van der Waals surface area contributed by atoms with E-state index in [1.54, 1.807) is 6.92 Å². The van der Waals surface area contributed by atoms with Crippen LogP contribution >= 0.6 is 22.9 Å². The van der Waals surface area contributed by atoms with Gasteiger partial charge in [-0.05, 0) is 69.2 Å². The minimum absolute atomic E-state index is 0.0559. The van der Waals surface area contributed by atoms with Crippen LogP contribution in [0.1, 0.15) is 47.2 Å². The first-order chi connectivity index (χ1) is 18.7. The molecule has 0 N–H and O–H groups in total. The Labute approximate surface area is 239 Å². The molecule has 0 spiro atoms. The number of piperidine rings is 1. The largest absolute Gasteiger partial charge is 0.343 e. The van der Waals surface area contributed by atoms with Gasteiger partial charge in [-0.3, -0.25) is 14.4 Å². The van der Waals surface area contributed by atoms with Crippen molar-refractivity contribution in [1.82, 2.24) is 19.7 Å². The van der Waals surface area contributed by atoms with Crippen LogP contribution in [-0.2, 0) is 9.59 Å². The van der Waals surface area contributed by atoms with Gasteiger partial charge in [0.1, 0.15) is 5.69 Å². The van der Waals surface area contributed by atoms with Gasteiger partial charge in [0.05, 0.1) is 5.01 Å². The van der Waals surface area contributed by atoms with E-state index in [0.29, 0.717) is 55.0 Å². The van der Waals surface area contributed by atoms with Gasteiger partial charge in [-0.25, -0.2) is 4.98 Å². The van der Waals surface area contributed by atoms with E-state index < -0.39 is 0 Å². The Hall–Kier alpha value is -2.49. The third-order valence-electron chi connectivity index (χ3n) is 8.57. The molecule has 39 heavy (non-hydrogen) atoms. The zero-order chi connectivity index (χ0) is 27.7. The maximum Gasteiger partial charge on any atom is 0.273 e. The monoisotopic (exact) mass is 571 g/mol. The number of halogens is 1. The second kappa shape index (κ2) is 11.9. The normalized spacial score (nSPS) is 21.8. The number of thiazole rings is 1. The Morgan fingerprint density at radius 1 is 1.05 bits per heavy atom. The van der Waals surface area contributed by atoms with Crippen molar-refractivity contribution in [2.75, 3.05) is 57.3 Å². The third-order valence-corrected chi connectivity index (χ3v) is 9.75. The Balaban J connectivity index is 1.16. The summed E-state index contributed by atoms with van der Waals surface area (Å²) in [6.07, 6.45) is 2.25. The van der Waals surface area contributed by atoms with Crippen LogP contribution in [0.3, 0.4) is 0 Å². The number of fused-ring (bicyclic) bond motifs is 1. The minimum Gasteiger partial charge on any atom is -0.343 e. The molecule has 2 aromatic rings. The maximum atomic E-state index is 13.7. The highest BCUT2D eigenvalue weighted by atomic mass is 35.5. The molecule has 0 radical (unpaired) electrons. The van der Waals surface area contributed by atoms with Crippen molar-refractivity contribution in [2.45, 2.75) is 40.0 Å². The number of benzene rings is 1. The summed E-state index contributed by atoms with van der Waals surface area (Å²) in [6, 6.07) is 5.85. The van der Waals surface area contributed by atoms with Crippen molar-refractivity contribution in [3.63, 3.8) is 0 Å². The number of carbonyl (C=O) groups excluding carboxylic acids is 3. The second-order valence-electron chi connectivity index (χ2n) is 11.3. The molecule has 5 rings (SSSR count). The summed E-state index contributed by atoms with van der Waals surface area (Å²) in [7, 11) is 0. The van der Waals surface area contributed by atoms with Gasteiger partial charge < -0.3 is 19.6 Å². The number of aryl methyl sites for hydroxylation is 2. The zero-order valence-corrected chi connectivity index (χ0v) is 24.6. The lowest BCUT2D eigenvalue weighted by Crippen LogP contribution is -2.44. The van der Waals surface area contributed by atoms with E-state index in [1.807, 2.05) is 52.1 Å². The molecule has 0 saturated carbocycles. The standard InChI is InChI=1S/C29H38ClN5O3S/c1-19-5-6-25(13-26(19)30)35(28(37)22-7-11-33(12-8-22)21(3)36)10-4-9-32-14-23-16-34(17-24(23)15-32)29(38)27-18-39-20(2)31-27/h5-6,13,18,22-24H,4,7-12,14-17H2,1-3H3. The fourth-order valence-corrected chi connectivity index (χ4v) is 7.05. The van der Waals surface area contributed by atoms with Crippen molar-refractivity contribution >= 4 is 46.3 Å². The maximum absolute atomic E-state index is 13.7. The lowest BCUT2D eigenvalue weighted by atomic mass is 9.94. The first kappa shape index (κ1) is 28.1. The number of anilines is 1. The molecule has 0 bridgehead atoms. The number of likely N-dealkylation sites (tertiary alicyclic amines) is 3. The second-order valence-corrected chi connectivity index (χ2v) is 12.8. The summed E-state index contributed by atoms with van der Waals surface area (Å²) in [5.41, 5.74) is 2.40. The molecule has 3 amide bonds. The number of aromatic nitrogens is 1. The van der Waals surface area contributed by atoms with Gasteiger partial charge in [0.2, 0.25) is 11.8 Å². The molecule has 1 aromatic heterocycles. The molecule has 2 atom stereocenters. The number of hydrogen-bond acceptors (Lipinski definition) is 6. The molecular weight excluding hydrogens is 534 g/mol. The van der Waals surface area contributed by atoms with E-state index in [2.05, 4.69) is 9.88 Å². The van der Waals surface area contributed by atoms with Gasteiger partial charge in [-0.15, -0.1) is 11.3 Å². The van der Waals surface area contributed by atoms with E-state index in [0.717, 1.165) is 55.4 Å². The SMILES string of the molecule is CC(=O)N1CCC(C(=O)N(CCCN2CC3CN(C(=O)c4csc(C)n4)CC3C2)c2ccc(C)c(Cl)c2)CC1. The molecule has 1 aromatic carbocycles. The lowest BCUT2D eigenvalue weighted by Gasteiger charge is -2.34. The van der Waals surface area contributed by atoms with Gasteiger partial charge in [-0.2, -0.15) is 0 Å². The van der Waals surface area contributed by atoms with Crippen LogP contribution < -0.4 is 4.90 Å². The minimum atomic E-state index is -0.0863. The highest BCUT2D eigenvalue weighted by Crippen LogP contribution is 2.33. The van der Waals surface area contributed by atoms with Crippen LogP contribution in [-0.4, -0.2) is 89.8 Å². The van der Waals surface area contributed by atoms with Gasteiger partial charge in [0.15, 0.2) is 0 Å². The van der Waals surface area contributed by atoms with E-state index in [1.165, 1.54) is 11.3 Å². The van der Waals surface area contributed by atoms with Crippen molar-refractivity contribution in [2.24, 2.45) is 17.8 Å². The predicted molar refractivity (Wildman–Crippen MR) is 154 cm³/mol. The molecule has 8 nitrogen and oxygen atoms in total. The Bertz CT molecular complexity index is 1210. The first-order valence-corrected chi connectivity index (χ1v) is 15.2. The number of hydrogen-bond donors (Lipinski definition) is 0. The summed E-state index contributed by atoms with van der Waals surface area (Å²) >= 11 is 7.97. The lowest BCUT2D eigenvalue weighted by molar-refractivity contribution is -0.133. The molecule has 3 aliphatic rings. The summed E-state index contributed by atoms with van der Waals surface area (Å²) in [5.74, 6) is 1.16.